The standard InChI is InChI=1S/C50H56N6O2.2ClH/c1-31-25-35-27-37(5-9-41(35)47-43-29-39(57-3)7-11-45(43)53-49(31)47)51-17-23-55-19-13-33(14-20-55)34-15-21-56(22-16-34)24-18-52-38-6-10-42-36(28-38)26-32(2)50-48(42)44-30-40(58-4)8-12-46(44)54-50;;/h5-12,25-30,33-34,51-54H,13-24H2,1-4H3;2*1H. The van der Waals surface area contributed by atoms with Crippen LogP contribution in [0.5, 0.6) is 11.5 Å². The lowest BCUT2D eigenvalue weighted by molar-refractivity contribution is -0.571. The van der Waals surface area contributed by atoms with E-state index in [0.29, 0.717) is 0 Å². The zero-order chi connectivity index (χ0) is 39.3. The first kappa shape index (κ1) is 42.2. The summed E-state index contributed by atoms with van der Waals surface area (Å²) in [6.45, 7) is 13.9. The summed E-state index contributed by atoms with van der Waals surface area (Å²) >= 11 is 0. The number of aromatic amines is 2. The van der Waals surface area contributed by atoms with Crippen molar-refractivity contribution < 1.29 is 44.9 Å². The molecule has 10 rings (SSSR count). The molecule has 2 aromatic heterocycles. The van der Waals surface area contributed by atoms with Crippen molar-refractivity contribution in [2.75, 3.05) is 66.6 Å². The monoisotopic (exact) mass is 844 g/mol. The molecule has 314 valence electrons. The number of H-pyrrole nitrogens is 2. The second kappa shape index (κ2) is 17.8. The smallest absolute Gasteiger partial charge is 0.130 e. The minimum absolute atomic E-state index is 0. The molecule has 0 aliphatic carbocycles. The number of quaternary nitrogens is 2. The third-order valence-corrected chi connectivity index (χ3v) is 13.8. The van der Waals surface area contributed by atoms with Gasteiger partial charge in [-0.1, -0.05) is 0 Å². The Morgan fingerprint density at radius 2 is 0.950 bits per heavy atom. The van der Waals surface area contributed by atoms with Gasteiger partial charge in [0.25, 0.3) is 0 Å². The number of fused-ring (bicyclic) bond motifs is 10. The molecule has 0 atom stereocenters. The summed E-state index contributed by atoms with van der Waals surface area (Å²) in [5.74, 6) is 3.58. The number of nitrogens with one attached hydrogen (secondary N) is 2. The highest BCUT2D eigenvalue weighted by Gasteiger charge is 2.30. The maximum Gasteiger partial charge on any atom is 0.130 e. The van der Waals surface area contributed by atoms with Crippen LogP contribution in [0.1, 0.15) is 36.8 Å². The Kier molecular flexibility index (Phi) is 12.5. The molecule has 6 N–H and O–H groups in total. The number of hydrogen-bond acceptors (Lipinski definition) is 4. The Balaban J connectivity index is 0.00000249. The van der Waals surface area contributed by atoms with E-state index in [4.69, 9.17) is 9.47 Å². The minimum atomic E-state index is 0. The Morgan fingerprint density at radius 1 is 0.533 bits per heavy atom. The number of ether oxygens (including phenoxy) is 2. The van der Waals surface area contributed by atoms with Gasteiger partial charge in [-0.15, -0.1) is 0 Å². The molecule has 0 amide bonds. The molecule has 2 aliphatic rings. The van der Waals surface area contributed by atoms with Gasteiger partial charge in [-0.05, 0) is 183 Å². The highest BCUT2D eigenvalue weighted by Crippen LogP contribution is 2.38. The summed E-state index contributed by atoms with van der Waals surface area (Å²) in [5.41, 5.74) is 9.97. The predicted molar refractivity (Wildman–Crippen MR) is 240 cm³/mol. The number of piperidine rings is 2. The van der Waals surface area contributed by atoms with Crippen LogP contribution in [0.4, 0.5) is 11.4 Å². The molecule has 0 bridgehead atoms. The summed E-state index contributed by atoms with van der Waals surface area (Å²) in [4.78, 5) is 12.7. The van der Waals surface area contributed by atoms with Gasteiger partial charge in [0.05, 0.1) is 38.3 Å². The van der Waals surface area contributed by atoms with Crippen LogP contribution in [-0.4, -0.2) is 86.3 Å². The first-order valence-corrected chi connectivity index (χ1v) is 21.6. The largest absolute Gasteiger partial charge is 1.00 e. The molecular formula is C50H58Cl2N6O2. The third kappa shape index (κ3) is 8.02. The van der Waals surface area contributed by atoms with E-state index in [0.717, 1.165) is 60.5 Å². The number of methoxy groups -OCH3 is 2. The number of likely N-dealkylation sites (tertiary alicyclic amines) is 2. The van der Waals surface area contributed by atoms with Crippen molar-refractivity contribution in [3.8, 4) is 11.5 Å². The van der Waals surface area contributed by atoms with E-state index in [2.05, 4.69) is 117 Å². The van der Waals surface area contributed by atoms with Crippen LogP contribution in [0.3, 0.4) is 0 Å². The number of nitrogens with zero attached hydrogens (tertiary/aromatic N) is 2. The van der Waals surface area contributed by atoms with Crippen LogP contribution in [0, 0.1) is 25.7 Å². The summed E-state index contributed by atoms with van der Waals surface area (Å²) in [6.07, 6.45) is 5.44. The van der Waals surface area contributed by atoms with Crippen LogP contribution in [-0.2, 0) is 0 Å². The maximum atomic E-state index is 5.56. The zero-order valence-electron chi connectivity index (χ0n) is 35.3. The highest BCUT2D eigenvalue weighted by molar-refractivity contribution is 6.22. The number of aromatic nitrogens is 2. The molecule has 10 heteroatoms. The molecule has 0 unspecified atom stereocenters. The van der Waals surface area contributed by atoms with Crippen LogP contribution in [0.2, 0.25) is 0 Å². The molecule has 0 radical (unpaired) electrons. The van der Waals surface area contributed by atoms with Gasteiger partial charge < -0.3 is 54.9 Å². The lowest BCUT2D eigenvalue weighted by atomic mass is 9.79. The Hall–Kier alpha value is -4.54. The van der Waals surface area contributed by atoms with Gasteiger partial charge in [-0.3, -0.25) is 9.80 Å². The molecular weight excluding hydrogens is 787 g/mol. The molecule has 0 saturated carbocycles. The van der Waals surface area contributed by atoms with Gasteiger partial charge in [-0.25, -0.2) is 0 Å². The number of nitrogens with two attached hydrogens (primary N) is 2. The van der Waals surface area contributed by atoms with E-state index in [1.54, 1.807) is 14.2 Å². The van der Waals surface area contributed by atoms with Gasteiger partial charge in [0.2, 0.25) is 0 Å². The van der Waals surface area contributed by atoms with Crippen molar-refractivity contribution in [2.45, 2.75) is 39.5 Å². The second-order valence-electron chi connectivity index (χ2n) is 17.3. The summed E-state index contributed by atoms with van der Waals surface area (Å²) in [6, 6.07) is 31.3. The van der Waals surface area contributed by atoms with Gasteiger partial charge >= 0.3 is 0 Å². The molecule has 2 saturated heterocycles. The van der Waals surface area contributed by atoms with E-state index in [1.165, 1.54) is 128 Å². The SMILES string of the molecule is COc1ccc2[nH]c3c(C)cc4cc([NH2+]CCN5CCC(C6CCN(CC[NH2+]c7ccc8c(c7)cc(C)c7[nH]c9ccc(OC)cc9c78)CC6)CC5)ccc4c3c2c1.[Cl-].[Cl-]. The van der Waals surface area contributed by atoms with Crippen molar-refractivity contribution in [1.82, 2.24) is 19.8 Å². The molecule has 60 heavy (non-hydrogen) atoms. The van der Waals surface area contributed by atoms with Crippen molar-refractivity contribution in [2.24, 2.45) is 11.8 Å². The Bertz CT molecular complexity index is 2610. The third-order valence-electron chi connectivity index (χ3n) is 13.8. The summed E-state index contributed by atoms with van der Waals surface area (Å²) in [7, 11) is 3.48. The molecule has 0 spiro atoms. The molecule has 8 aromatic rings. The van der Waals surface area contributed by atoms with E-state index < -0.39 is 0 Å². The van der Waals surface area contributed by atoms with E-state index >= 15 is 0 Å². The van der Waals surface area contributed by atoms with Gasteiger partial charge in [-0.2, -0.15) is 0 Å². The normalized spacial score (nSPS) is 16.0. The van der Waals surface area contributed by atoms with Crippen LogP contribution in [0.25, 0.3) is 65.2 Å². The van der Waals surface area contributed by atoms with Gasteiger partial charge in [0.1, 0.15) is 22.9 Å². The van der Waals surface area contributed by atoms with E-state index in [9.17, 15) is 0 Å². The van der Waals surface area contributed by atoms with Crippen LogP contribution >= 0.6 is 0 Å². The summed E-state index contributed by atoms with van der Waals surface area (Å²) in [5, 5.41) is 15.1. The van der Waals surface area contributed by atoms with E-state index in [-0.39, 0.29) is 24.8 Å². The Labute approximate surface area is 365 Å². The van der Waals surface area contributed by atoms with Crippen molar-refractivity contribution in [1.29, 1.82) is 0 Å². The van der Waals surface area contributed by atoms with Crippen molar-refractivity contribution in [3.63, 3.8) is 0 Å². The number of aryl methyl sites for hydroxylation is 2. The van der Waals surface area contributed by atoms with Crippen LogP contribution < -0.4 is 44.9 Å². The quantitative estimate of drug-likeness (QED) is 0.151. The fourth-order valence-corrected chi connectivity index (χ4v) is 10.6. The lowest BCUT2D eigenvalue weighted by Gasteiger charge is -2.40. The van der Waals surface area contributed by atoms with Crippen molar-refractivity contribution >= 4 is 76.5 Å². The molecule has 6 aromatic carbocycles. The van der Waals surface area contributed by atoms with Crippen molar-refractivity contribution in [3.05, 3.63) is 96.1 Å². The second-order valence-corrected chi connectivity index (χ2v) is 17.3. The average Bonchev–Trinajstić information content (AvgIpc) is 3.84. The number of benzene rings is 6. The molecule has 4 heterocycles. The minimum Gasteiger partial charge on any atom is -1.00 e. The topological polar surface area (TPSA) is 89.7 Å². The highest BCUT2D eigenvalue weighted by atomic mass is 35.5. The number of hydrogen-bond donors (Lipinski definition) is 4. The molecule has 2 fully saturated rings. The zero-order valence-corrected chi connectivity index (χ0v) is 36.9. The molecule has 2 aliphatic heterocycles. The number of rotatable bonds is 11. The van der Waals surface area contributed by atoms with Gasteiger partial charge in [0.15, 0.2) is 0 Å². The summed E-state index contributed by atoms with van der Waals surface area (Å²) < 4.78 is 11.1. The fourth-order valence-electron chi connectivity index (χ4n) is 10.6. The first-order valence-electron chi connectivity index (χ1n) is 21.6. The number of halogens is 2. The predicted octanol–water partition coefficient (Wildman–Crippen LogP) is 2.42. The molecule has 8 nitrogen and oxygen atoms in total. The van der Waals surface area contributed by atoms with Gasteiger partial charge in [0, 0.05) is 57.8 Å². The van der Waals surface area contributed by atoms with Crippen LogP contribution in [0.15, 0.2) is 84.9 Å². The maximum absolute atomic E-state index is 5.56. The first-order chi connectivity index (χ1) is 28.4. The Morgan fingerprint density at radius 3 is 1.35 bits per heavy atom. The van der Waals surface area contributed by atoms with E-state index in [1.807, 2.05) is 12.1 Å². The fraction of sp³-hybridized carbons (Fsp3) is 0.360. The lowest BCUT2D eigenvalue weighted by Crippen LogP contribution is -3.00. The average molecular weight is 846 g/mol.